The van der Waals surface area contributed by atoms with Crippen LogP contribution in [0.3, 0.4) is 0 Å². The van der Waals surface area contributed by atoms with E-state index in [1.165, 1.54) is 82.8 Å². The molecule has 2 saturated carbocycles. The molecular formula is C54H60N4O+2. The van der Waals surface area contributed by atoms with Crippen molar-refractivity contribution >= 4 is 45.4 Å². The quantitative estimate of drug-likeness (QED) is 0.166. The molecule has 3 atom stereocenters. The molecular weight excluding hydrogens is 721 g/mol. The summed E-state index contributed by atoms with van der Waals surface area (Å²) in [6, 6.07) is 34.3. The minimum atomic E-state index is -1.54. The average molecular weight is 783 g/mol. The first-order chi connectivity index (χ1) is 29.5. The van der Waals surface area contributed by atoms with E-state index < -0.39 is 18.4 Å². The molecule has 4 aliphatic heterocycles. The number of ether oxygens (including phenoxy) is 1. The molecule has 5 aromatic carbocycles. The number of aliphatic imine (C=N–C) groups is 1. The highest BCUT2D eigenvalue weighted by Crippen LogP contribution is 2.55. The second-order valence-electron chi connectivity index (χ2n) is 19.5. The molecule has 4 heterocycles. The van der Waals surface area contributed by atoms with Crippen molar-refractivity contribution in [3.63, 3.8) is 0 Å². The standard InChI is InChI=1S/C54H60N4O/c1-35(2)29-38-31-47-49(45-24-16-15-23-43(38)45)50-51-48-44-27-26-40(53(3,4)5)30-37(44)25-28-46(48)54(58(51)34-55-52(50)59-47)56(41-19-11-7-12-20-41)32-39(36-17-9-6-10-18-36)33-57(54)42-21-13-8-14-22-42/h6,9-10,15-18,23-28,30-35,41-42,50,52H,7-8,11-14,19-22,29H2,1-5H3/q+2/i29D2. The van der Waals surface area contributed by atoms with Gasteiger partial charge in [0.05, 0.1) is 5.57 Å². The Balaban J connectivity index is 1.25. The van der Waals surface area contributed by atoms with Gasteiger partial charge in [0.1, 0.15) is 22.9 Å². The molecule has 5 nitrogen and oxygen atoms in total. The van der Waals surface area contributed by atoms with E-state index in [0.717, 1.165) is 47.8 Å². The van der Waals surface area contributed by atoms with E-state index in [1.807, 2.05) is 19.9 Å². The molecule has 2 aliphatic carbocycles. The molecule has 0 radical (unpaired) electrons. The lowest BCUT2D eigenvalue weighted by atomic mass is 9.81. The third-order valence-corrected chi connectivity index (χ3v) is 14.4. The van der Waals surface area contributed by atoms with Crippen LogP contribution in [0, 0.1) is 5.92 Å². The number of fused-ring (bicyclic) bond motifs is 12. The fourth-order valence-electron chi connectivity index (χ4n) is 11.7. The Morgan fingerprint density at radius 3 is 2.31 bits per heavy atom. The first-order valence-electron chi connectivity index (χ1n) is 23.7. The molecule has 0 bridgehead atoms. The van der Waals surface area contributed by atoms with E-state index in [4.69, 9.17) is 9.73 Å². The first-order valence-corrected chi connectivity index (χ1v) is 22.7. The number of nitrogens with zero attached hydrogens (tertiary/aromatic N) is 4. The zero-order valence-electron chi connectivity index (χ0n) is 37.5. The van der Waals surface area contributed by atoms with Crippen LogP contribution >= 0.6 is 0 Å². The van der Waals surface area contributed by atoms with Crippen molar-refractivity contribution in [2.24, 2.45) is 10.9 Å². The van der Waals surface area contributed by atoms with Gasteiger partial charge in [0.15, 0.2) is 12.3 Å². The summed E-state index contributed by atoms with van der Waals surface area (Å²) in [6.07, 6.45) is 17.3. The second kappa shape index (κ2) is 14.0. The van der Waals surface area contributed by atoms with Gasteiger partial charge >= 0.3 is 5.79 Å². The van der Waals surface area contributed by atoms with Gasteiger partial charge in [-0.15, -0.1) is 4.58 Å². The summed E-state index contributed by atoms with van der Waals surface area (Å²) in [4.78, 5) is 8.27. The zero-order chi connectivity index (χ0) is 41.8. The lowest BCUT2D eigenvalue weighted by molar-refractivity contribution is -0.840. The van der Waals surface area contributed by atoms with Crippen molar-refractivity contribution in [2.45, 2.75) is 141 Å². The van der Waals surface area contributed by atoms with Crippen molar-refractivity contribution in [1.82, 2.24) is 4.90 Å². The van der Waals surface area contributed by atoms with Gasteiger partial charge in [0, 0.05) is 39.0 Å². The molecule has 3 unspecified atom stereocenters. The van der Waals surface area contributed by atoms with E-state index in [0.29, 0.717) is 17.6 Å². The van der Waals surface area contributed by atoms with Gasteiger partial charge in [0.2, 0.25) is 0 Å². The Labute approximate surface area is 353 Å². The van der Waals surface area contributed by atoms with E-state index >= 15 is 0 Å². The summed E-state index contributed by atoms with van der Waals surface area (Å²) in [5.74, 6) is -0.339. The third kappa shape index (κ3) is 5.73. The number of benzene rings is 5. The molecule has 0 N–H and O–H groups in total. The van der Waals surface area contributed by atoms with Crippen LogP contribution in [0.2, 0.25) is 0 Å². The van der Waals surface area contributed by atoms with Crippen LogP contribution in [0.5, 0.6) is 5.75 Å². The molecule has 5 heteroatoms. The van der Waals surface area contributed by atoms with Crippen LogP contribution in [0.15, 0.2) is 102 Å². The average Bonchev–Trinajstić information content (AvgIpc) is 3.80. The van der Waals surface area contributed by atoms with Crippen LogP contribution < -0.4 is 4.74 Å². The molecule has 0 amide bonds. The number of allylic oxidation sites excluding steroid dienone is 1. The topological polar surface area (TPSA) is 30.9 Å². The maximum atomic E-state index is 9.33. The Hall–Kier alpha value is -5.03. The van der Waals surface area contributed by atoms with Crippen molar-refractivity contribution in [3.8, 4) is 5.75 Å². The van der Waals surface area contributed by atoms with Gasteiger partial charge in [-0.25, -0.2) is 0 Å². The molecule has 11 rings (SSSR count). The lowest BCUT2D eigenvalue weighted by Gasteiger charge is -2.46. The Morgan fingerprint density at radius 2 is 1.56 bits per heavy atom. The van der Waals surface area contributed by atoms with Gasteiger partial charge in [-0.05, 0) is 98.7 Å². The van der Waals surface area contributed by atoms with Crippen LogP contribution in [0.1, 0.15) is 141 Å². The summed E-state index contributed by atoms with van der Waals surface area (Å²) < 4.78 is 31.1. The first kappa shape index (κ1) is 34.8. The van der Waals surface area contributed by atoms with E-state index in [1.54, 1.807) is 0 Å². The molecule has 0 saturated heterocycles. The second-order valence-corrected chi connectivity index (χ2v) is 19.5. The van der Waals surface area contributed by atoms with Gasteiger partial charge in [-0.1, -0.05) is 139 Å². The maximum Gasteiger partial charge on any atom is 0.417 e. The normalized spacial score (nSPS) is 25.1. The summed E-state index contributed by atoms with van der Waals surface area (Å²) in [6.45, 7) is 10.9. The van der Waals surface area contributed by atoms with Crippen LogP contribution in [-0.2, 0) is 17.6 Å². The fourth-order valence-corrected chi connectivity index (χ4v) is 11.7. The number of rotatable bonds is 5. The van der Waals surface area contributed by atoms with Gasteiger partial charge in [0.25, 0.3) is 12.6 Å². The predicted molar refractivity (Wildman–Crippen MR) is 243 cm³/mol. The van der Waals surface area contributed by atoms with Crippen molar-refractivity contribution in [2.75, 3.05) is 0 Å². The van der Waals surface area contributed by atoms with Gasteiger partial charge in [-0.3, -0.25) is 4.90 Å². The van der Waals surface area contributed by atoms with Gasteiger partial charge in [-0.2, -0.15) is 4.58 Å². The zero-order valence-corrected chi connectivity index (χ0v) is 35.5. The highest BCUT2D eigenvalue weighted by Gasteiger charge is 2.69. The van der Waals surface area contributed by atoms with Crippen LogP contribution in [-0.4, -0.2) is 50.6 Å². The van der Waals surface area contributed by atoms with Crippen molar-refractivity contribution in [1.29, 1.82) is 0 Å². The van der Waals surface area contributed by atoms with Crippen LogP contribution in [0.4, 0.5) is 0 Å². The maximum absolute atomic E-state index is 9.33. The largest absolute Gasteiger partial charge is 0.447 e. The lowest BCUT2D eigenvalue weighted by Crippen LogP contribution is -2.65. The van der Waals surface area contributed by atoms with Crippen molar-refractivity contribution in [3.05, 3.63) is 131 Å². The SMILES string of the molecule is [2H]C([2H])(c1cc2c(c3ccccc13)C1C3=[N+](C=NC1O2)C1(c2ccc4cc(C(C)(C)C)ccc4c23)N(C2CCCCC2)C=C(c2ccccc2)C=[N+]1C1CCCCC1)C(C)C. The Kier molecular flexibility index (Phi) is 8.28. The van der Waals surface area contributed by atoms with Crippen LogP contribution in [0.25, 0.3) is 27.1 Å². The molecule has 59 heavy (non-hydrogen) atoms. The smallest absolute Gasteiger partial charge is 0.417 e. The molecule has 6 aliphatic rings. The predicted octanol–water partition coefficient (Wildman–Crippen LogP) is 12.1. The molecule has 2 fully saturated rings. The number of hydrogen-bond acceptors (Lipinski definition) is 3. The summed E-state index contributed by atoms with van der Waals surface area (Å²) >= 11 is 0. The minimum absolute atomic E-state index is 0.0124. The summed E-state index contributed by atoms with van der Waals surface area (Å²) in [7, 11) is 0. The van der Waals surface area contributed by atoms with E-state index in [2.05, 4.69) is 139 Å². The van der Waals surface area contributed by atoms with E-state index in [-0.39, 0.29) is 17.3 Å². The van der Waals surface area contributed by atoms with Gasteiger partial charge < -0.3 is 4.74 Å². The third-order valence-electron chi connectivity index (χ3n) is 14.4. The highest BCUT2D eigenvalue weighted by atomic mass is 16.5. The summed E-state index contributed by atoms with van der Waals surface area (Å²) in [5, 5.41) is 4.55. The Bertz CT molecular complexity index is 2710. The molecule has 1 spiro atoms. The van der Waals surface area contributed by atoms with Crippen molar-refractivity contribution < 1.29 is 16.6 Å². The number of hydrogen-bond donors (Lipinski definition) is 0. The monoisotopic (exact) mass is 782 g/mol. The molecule has 0 aromatic heterocycles. The van der Waals surface area contributed by atoms with E-state index in [9.17, 15) is 2.74 Å². The fraction of sp³-hybridized carbons (Fsp3) is 0.426. The Morgan fingerprint density at radius 1 is 0.831 bits per heavy atom. The minimum Gasteiger partial charge on any atom is -0.447 e. The highest BCUT2D eigenvalue weighted by molar-refractivity contribution is 6.17. The summed E-state index contributed by atoms with van der Waals surface area (Å²) in [5.41, 5.74) is 9.56. The molecule has 5 aromatic rings. The molecule has 300 valence electrons.